The van der Waals surface area contributed by atoms with Crippen molar-refractivity contribution < 1.29 is 4.79 Å². The quantitative estimate of drug-likeness (QED) is 0.735. The van der Waals surface area contributed by atoms with E-state index in [1.165, 1.54) is 0 Å². The van der Waals surface area contributed by atoms with Gasteiger partial charge in [-0.3, -0.25) is 4.79 Å². The zero-order valence-corrected chi connectivity index (χ0v) is 10.5. The second kappa shape index (κ2) is 4.24. The lowest BCUT2D eigenvalue weighted by Crippen LogP contribution is -2.11. The number of fused-ring (bicyclic) bond motifs is 1. The van der Waals surface area contributed by atoms with E-state index in [1.54, 1.807) is 12.1 Å². The average Bonchev–Trinajstić information content (AvgIpc) is 2.82. The Hall–Kier alpha value is -2.62. The Balaban J connectivity index is 2.22. The molecule has 94 valence electrons. The first-order valence-corrected chi connectivity index (χ1v) is 6.01. The normalized spacial score (nSPS) is 10.8. The molecule has 0 fully saturated rings. The van der Waals surface area contributed by atoms with Crippen LogP contribution in [0.15, 0.2) is 42.5 Å². The number of nitrogens with one attached hydrogen (secondary N) is 1. The zero-order chi connectivity index (χ0) is 13.4. The molecule has 0 saturated carbocycles. The van der Waals surface area contributed by atoms with Crippen molar-refractivity contribution in [2.24, 2.45) is 5.73 Å². The van der Waals surface area contributed by atoms with Crippen molar-refractivity contribution in [2.45, 2.75) is 6.92 Å². The molecular weight excluding hydrogens is 238 g/mol. The Labute approximate surface area is 110 Å². The minimum atomic E-state index is -0.465. The Morgan fingerprint density at radius 2 is 2.00 bits per heavy atom. The van der Waals surface area contributed by atoms with Crippen LogP contribution in [-0.2, 0) is 0 Å². The molecule has 0 aliphatic rings. The fourth-order valence-corrected chi connectivity index (χ4v) is 2.16. The number of amides is 1. The molecule has 4 nitrogen and oxygen atoms in total. The lowest BCUT2D eigenvalue weighted by molar-refractivity contribution is 0.100. The average molecular weight is 251 g/mol. The monoisotopic (exact) mass is 251 g/mol. The van der Waals surface area contributed by atoms with Crippen molar-refractivity contribution in [1.29, 1.82) is 0 Å². The summed E-state index contributed by atoms with van der Waals surface area (Å²) in [5, 5.41) is 0. The van der Waals surface area contributed by atoms with Gasteiger partial charge in [0.15, 0.2) is 0 Å². The van der Waals surface area contributed by atoms with Crippen LogP contribution in [0.2, 0.25) is 0 Å². The van der Waals surface area contributed by atoms with Gasteiger partial charge < -0.3 is 10.7 Å². The van der Waals surface area contributed by atoms with Gasteiger partial charge in [0.2, 0.25) is 0 Å². The lowest BCUT2D eigenvalue weighted by atomic mass is 10.1. The zero-order valence-electron chi connectivity index (χ0n) is 10.5. The first kappa shape index (κ1) is 11.5. The maximum atomic E-state index is 11.4. The number of hydrogen-bond acceptors (Lipinski definition) is 2. The van der Waals surface area contributed by atoms with Crippen LogP contribution in [0, 0.1) is 6.92 Å². The summed E-state index contributed by atoms with van der Waals surface area (Å²) >= 11 is 0. The molecule has 0 radical (unpaired) electrons. The van der Waals surface area contributed by atoms with Gasteiger partial charge in [-0.15, -0.1) is 0 Å². The summed E-state index contributed by atoms with van der Waals surface area (Å²) in [6, 6.07) is 13.4. The minimum Gasteiger partial charge on any atom is -0.366 e. The first-order chi connectivity index (χ1) is 9.15. The largest absolute Gasteiger partial charge is 0.366 e. The highest BCUT2D eigenvalue weighted by atomic mass is 16.1. The molecule has 2 aromatic carbocycles. The summed E-state index contributed by atoms with van der Waals surface area (Å²) in [4.78, 5) is 19.1. The molecule has 4 heteroatoms. The van der Waals surface area contributed by atoms with Crippen molar-refractivity contribution in [3.8, 4) is 11.4 Å². The fourth-order valence-electron chi connectivity index (χ4n) is 2.16. The van der Waals surface area contributed by atoms with Gasteiger partial charge in [-0.1, -0.05) is 29.8 Å². The number of hydrogen-bond donors (Lipinski definition) is 2. The maximum Gasteiger partial charge on any atom is 0.250 e. The number of para-hydroxylation sites is 1. The smallest absolute Gasteiger partial charge is 0.250 e. The standard InChI is InChI=1S/C15H13N3O/c1-9-4-2-5-10(8-9)15-17-12-7-3-6-11(14(16)19)13(12)18-15/h2-8H,1H3,(H2,16,19)(H,17,18). The van der Waals surface area contributed by atoms with Crippen molar-refractivity contribution in [2.75, 3.05) is 0 Å². The number of nitrogens with two attached hydrogens (primary N) is 1. The summed E-state index contributed by atoms with van der Waals surface area (Å²) in [6.45, 7) is 2.03. The van der Waals surface area contributed by atoms with E-state index >= 15 is 0 Å². The van der Waals surface area contributed by atoms with E-state index < -0.39 is 5.91 Å². The predicted octanol–water partition coefficient (Wildman–Crippen LogP) is 2.64. The van der Waals surface area contributed by atoms with Gasteiger partial charge in [0.1, 0.15) is 11.3 Å². The number of rotatable bonds is 2. The van der Waals surface area contributed by atoms with Crippen LogP contribution in [-0.4, -0.2) is 15.9 Å². The molecule has 0 bridgehead atoms. The van der Waals surface area contributed by atoms with Crippen LogP contribution < -0.4 is 5.73 Å². The third kappa shape index (κ3) is 1.97. The van der Waals surface area contributed by atoms with Crippen LogP contribution in [0.25, 0.3) is 22.4 Å². The van der Waals surface area contributed by atoms with E-state index in [4.69, 9.17) is 5.73 Å². The van der Waals surface area contributed by atoms with Crippen molar-refractivity contribution in [1.82, 2.24) is 9.97 Å². The van der Waals surface area contributed by atoms with Gasteiger partial charge in [0.25, 0.3) is 5.91 Å². The van der Waals surface area contributed by atoms with Crippen LogP contribution in [0.5, 0.6) is 0 Å². The molecule has 0 saturated heterocycles. The third-order valence-electron chi connectivity index (χ3n) is 3.07. The maximum absolute atomic E-state index is 11.4. The second-order valence-corrected chi connectivity index (χ2v) is 4.52. The summed E-state index contributed by atoms with van der Waals surface area (Å²) < 4.78 is 0. The molecule has 3 rings (SSSR count). The highest BCUT2D eigenvalue weighted by Gasteiger charge is 2.11. The van der Waals surface area contributed by atoms with Crippen LogP contribution >= 0.6 is 0 Å². The van der Waals surface area contributed by atoms with E-state index in [9.17, 15) is 4.79 Å². The molecule has 0 atom stereocenters. The highest BCUT2D eigenvalue weighted by Crippen LogP contribution is 2.23. The highest BCUT2D eigenvalue weighted by molar-refractivity contribution is 6.04. The number of aromatic nitrogens is 2. The summed E-state index contributed by atoms with van der Waals surface area (Å²) in [5.74, 6) is 0.278. The van der Waals surface area contributed by atoms with Crippen molar-refractivity contribution in [3.63, 3.8) is 0 Å². The number of carbonyl (C=O) groups is 1. The van der Waals surface area contributed by atoms with Crippen molar-refractivity contribution >= 4 is 16.9 Å². The molecule has 19 heavy (non-hydrogen) atoms. The van der Waals surface area contributed by atoms with Crippen molar-refractivity contribution in [3.05, 3.63) is 53.6 Å². The van der Waals surface area contributed by atoms with Gasteiger partial charge in [-0.2, -0.15) is 0 Å². The Bertz CT molecular complexity index is 774. The minimum absolute atomic E-state index is 0.438. The molecule has 0 spiro atoms. The topological polar surface area (TPSA) is 71.8 Å². The molecule has 0 aliphatic heterocycles. The number of carbonyl (C=O) groups excluding carboxylic acids is 1. The molecule has 3 N–H and O–H groups in total. The van der Waals surface area contributed by atoms with Gasteiger partial charge in [-0.25, -0.2) is 4.98 Å². The Morgan fingerprint density at radius 3 is 2.74 bits per heavy atom. The molecule has 0 aliphatic carbocycles. The van der Waals surface area contributed by atoms with Crippen LogP contribution in [0.3, 0.4) is 0 Å². The fraction of sp³-hybridized carbons (Fsp3) is 0.0667. The Kier molecular flexibility index (Phi) is 2.56. The molecule has 3 aromatic rings. The third-order valence-corrected chi connectivity index (χ3v) is 3.07. The molecule has 1 aromatic heterocycles. The van der Waals surface area contributed by atoms with Gasteiger partial charge in [-0.05, 0) is 25.1 Å². The summed E-state index contributed by atoms with van der Waals surface area (Å²) in [5.41, 5.74) is 9.38. The van der Waals surface area contributed by atoms with Gasteiger partial charge >= 0.3 is 0 Å². The number of aromatic amines is 1. The molecule has 1 amide bonds. The first-order valence-electron chi connectivity index (χ1n) is 6.01. The van der Waals surface area contributed by atoms with Gasteiger partial charge in [0, 0.05) is 5.56 Å². The van der Waals surface area contributed by atoms with E-state index in [2.05, 4.69) is 9.97 Å². The van der Waals surface area contributed by atoms with E-state index in [1.807, 2.05) is 37.3 Å². The Morgan fingerprint density at radius 1 is 1.21 bits per heavy atom. The molecular formula is C15H13N3O. The van der Waals surface area contributed by atoms with E-state index in [-0.39, 0.29) is 0 Å². The number of benzene rings is 2. The summed E-state index contributed by atoms with van der Waals surface area (Å²) in [7, 11) is 0. The lowest BCUT2D eigenvalue weighted by Gasteiger charge is -1.97. The van der Waals surface area contributed by atoms with Crippen LogP contribution in [0.4, 0.5) is 0 Å². The predicted molar refractivity (Wildman–Crippen MR) is 74.8 cm³/mol. The van der Waals surface area contributed by atoms with Gasteiger partial charge in [0.05, 0.1) is 11.1 Å². The molecule has 1 heterocycles. The number of imidazole rings is 1. The second-order valence-electron chi connectivity index (χ2n) is 4.52. The number of aryl methyl sites for hydroxylation is 1. The number of H-pyrrole nitrogens is 1. The van der Waals surface area contributed by atoms with E-state index in [0.29, 0.717) is 11.1 Å². The number of nitrogens with zero attached hydrogens (tertiary/aromatic N) is 1. The SMILES string of the molecule is Cc1cccc(-c2nc3c(C(N)=O)cccc3[nH]2)c1. The number of primary amides is 1. The summed E-state index contributed by atoms with van der Waals surface area (Å²) in [6.07, 6.45) is 0. The van der Waals surface area contributed by atoms with E-state index in [0.717, 1.165) is 22.5 Å². The van der Waals surface area contributed by atoms with Crippen LogP contribution in [0.1, 0.15) is 15.9 Å². The molecule has 0 unspecified atom stereocenters.